The van der Waals surface area contributed by atoms with Crippen LogP contribution in [0.1, 0.15) is 65.2 Å². The summed E-state index contributed by atoms with van der Waals surface area (Å²) in [5, 5.41) is 3.77. The van der Waals surface area contributed by atoms with E-state index in [1.165, 1.54) is 71.0 Å². The van der Waals surface area contributed by atoms with Gasteiger partial charge >= 0.3 is 0 Å². The van der Waals surface area contributed by atoms with E-state index in [-0.39, 0.29) is 0 Å². The topological polar surface area (TPSA) is 15.3 Å². The molecule has 1 aliphatic heterocycles. The second-order valence-electron chi connectivity index (χ2n) is 6.74. The van der Waals surface area contributed by atoms with Crippen molar-refractivity contribution in [3.63, 3.8) is 0 Å². The molecule has 2 nitrogen and oxygen atoms in total. The van der Waals surface area contributed by atoms with Crippen LogP contribution >= 0.6 is 0 Å². The van der Waals surface area contributed by atoms with E-state index in [0.717, 1.165) is 24.4 Å². The minimum atomic E-state index is 0.759. The van der Waals surface area contributed by atoms with Gasteiger partial charge in [0.05, 0.1) is 0 Å². The zero-order valence-electron chi connectivity index (χ0n) is 13.2. The molecule has 2 heteroatoms. The number of nitrogens with one attached hydrogen (secondary N) is 1. The van der Waals surface area contributed by atoms with Gasteiger partial charge in [0.25, 0.3) is 0 Å². The molecule has 0 radical (unpaired) electrons. The van der Waals surface area contributed by atoms with Crippen molar-refractivity contribution in [3.8, 4) is 0 Å². The van der Waals surface area contributed by atoms with Gasteiger partial charge in [-0.25, -0.2) is 0 Å². The summed E-state index contributed by atoms with van der Waals surface area (Å²) in [6.07, 6.45) is 11.6. The zero-order valence-corrected chi connectivity index (χ0v) is 13.2. The lowest BCUT2D eigenvalue weighted by atomic mass is 9.91. The molecule has 0 aromatic heterocycles. The van der Waals surface area contributed by atoms with E-state index in [0.29, 0.717) is 0 Å². The smallest absolute Gasteiger partial charge is 0.0223 e. The van der Waals surface area contributed by atoms with Crippen LogP contribution in [0.25, 0.3) is 0 Å². The van der Waals surface area contributed by atoms with E-state index in [2.05, 4.69) is 24.1 Å². The van der Waals surface area contributed by atoms with Crippen molar-refractivity contribution in [1.29, 1.82) is 0 Å². The van der Waals surface area contributed by atoms with Gasteiger partial charge in [0.15, 0.2) is 0 Å². The molecule has 0 amide bonds. The van der Waals surface area contributed by atoms with Crippen LogP contribution in [0.3, 0.4) is 0 Å². The second-order valence-corrected chi connectivity index (χ2v) is 6.74. The van der Waals surface area contributed by atoms with Crippen molar-refractivity contribution in [1.82, 2.24) is 10.2 Å². The van der Waals surface area contributed by atoms with Crippen molar-refractivity contribution in [2.45, 2.75) is 71.3 Å². The van der Waals surface area contributed by atoms with Gasteiger partial charge in [-0.05, 0) is 57.2 Å². The van der Waals surface area contributed by atoms with E-state index in [1.807, 2.05) is 0 Å². The Hall–Kier alpha value is -0.0800. The Bertz CT molecular complexity index is 227. The quantitative estimate of drug-likeness (QED) is 0.756. The predicted octanol–water partition coefficient (Wildman–Crippen LogP) is 3.67. The Morgan fingerprint density at radius 2 is 1.74 bits per heavy atom. The minimum Gasteiger partial charge on any atom is -0.313 e. The largest absolute Gasteiger partial charge is 0.313 e. The lowest BCUT2D eigenvalue weighted by Crippen LogP contribution is -2.47. The first-order valence-electron chi connectivity index (χ1n) is 8.79. The third kappa shape index (κ3) is 4.75. The molecule has 2 fully saturated rings. The molecule has 0 bridgehead atoms. The van der Waals surface area contributed by atoms with E-state index in [9.17, 15) is 0 Å². The fourth-order valence-corrected chi connectivity index (χ4v) is 4.15. The van der Waals surface area contributed by atoms with Gasteiger partial charge in [-0.2, -0.15) is 0 Å². The van der Waals surface area contributed by atoms with E-state index in [4.69, 9.17) is 0 Å². The summed E-state index contributed by atoms with van der Waals surface area (Å²) in [5.41, 5.74) is 0. The van der Waals surface area contributed by atoms with Gasteiger partial charge in [0.1, 0.15) is 0 Å². The highest BCUT2D eigenvalue weighted by atomic mass is 15.2. The average molecular weight is 266 g/mol. The Morgan fingerprint density at radius 3 is 2.32 bits per heavy atom. The maximum absolute atomic E-state index is 3.77. The van der Waals surface area contributed by atoms with Crippen LogP contribution in [0.4, 0.5) is 0 Å². The van der Waals surface area contributed by atoms with E-state index < -0.39 is 0 Å². The highest BCUT2D eigenvalue weighted by molar-refractivity contribution is 4.84. The van der Waals surface area contributed by atoms with Crippen LogP contribution in [0.15, 0.2) is 0 Å². The number of nitrogens with zero attached hydrogens (tertiary/aromatic N) is 1. The van der Waals surface area contributed by atoms with Crippen LogP contribution in [-0.4, -0.2) is 37.1 Å². The maximum Gasteiger partial charge on any atom is 0.0223 e. The molecule has 1 saturated heterocycles. The SMILES string of the molecule is CCCC1CCN(CC(NCC)C2CCCC2)CC1. The summed E-state index contributed by atoms with van der Waals surface area (Å²) in [5.74, 6) is 1.97. The predicted molar refractivity (Wildman–Crippen MR) is 83.5 cm³/mol. The van der Waals surface area contributed by atoms with Crippen LogP contribution in [0.2, 0.25) is 0 Å². The molecule has 1 saturated carbocycles. The van der Waals surface area contributed by atoms with Crippen molar-refractivity contribution >= 4 is 0 Å². The molecule has 112 valence electrons. The van der Waals surface area contributed by atoms with Crippen molar-refractivity contribution < 1.29 is 0 Å². The van der Waals surface area contributed by atoms with Crippen molar-refractivity contribution in [2.75, 3.05) is 26.2 Å². The lowest BCUT2D eigenvalue weighted by Gasteiger charge is -2.36. The summed E-state index contributed by atoms with van der Waals surface area (Å²) >= 11 is 0. The summed E-state index contributed by atoms with van der Waals surface area (Å²) in [7, 11) is 0. The van der Waals surface area contributed by atoms with Gasteiger partial charge in [-0.3, -0.25) is 0 Å². The fourth-order valence-electron chi connectivity index (χ4n) is 4.15. The summed E-state index contributed by atoms with van der Waals surface area (Å²) in [6.45, 7) is 9.71. The first kappa shape index (κ1) is 15.3. The molecule has 1 heterocycles. The lowest BCUT2D eigenvalue weighted by molar-refractivity contribution is 0.148. The third-order valence-corrected chi connectivity index (χ3v) is 5.29. The summed E-state index contributed by atoms with van der Waals surface area (Å²) in [4.78, 5) is 2.73. The van der Waals surface area contributed by atoms with Gasteiger partial charge in [-0.15, -0.1) is 0 Å². The maximum atomic E-state index is 3.77. The molecule has 0 aromatic rings. The molecular formula is C17H34N2. The minimum absolute atomic E-state index is 0.759. The first-order valence-corrected chi connectivity index (χ1v) is 8.79. The average Bonchev–Trinajstić information content (AvgIpc) is 2.95. The molecule has 1 aliphatic carbocycles. The van der Waals surface area contributed by atoms with E-state index in [1.54, 1.807) is 0 Å². The van der Waals surface area contributed by atoms with Gasteiger partial charge < -0.3 is 10.2 Å². The van der Waals surface area contributed by atoms with Crippen LogP contribution in [0, 0.1) is 11.8 Å². The standard InChI is InChI=1S/C17H34N2/c1-3-7-15-10-12-19(13-11-15)14-17(18-4-2)16-8-5-6-9-16/h15-18H,3-14H2,1-2H3. The monoisotopic (exact) mass is 266 g/mol. The van der Waals surface area contributed by atoms with Gasteiger partial charge in [-0.1, -0.05) is 39.5 Å². The number of rotatable bonds is 7. The molecule has 1 unspecified atom stereocenters. The number of likely N-dealkylation sites (tertiary alicyclic amines) is 1. The van der Waals surface area contributed by atoms with Crippen LogP contribution in [0.5, 0.6) is 0 Å². The Balaban J connectivity index is 1.75. The number of hydrogen-bond acceptors (Lipinski definition) is 2. The van der Waals surface area contributed by atoms with E-state index >= 15 is 0 Å². The third-order valence-electron chi connectivity index (χ3n) is 5.29. The van der Waals surface area contributed by atoms with Gasteiger partial charge in [0, 0.05) is 12.6 Å². The molecule has 2 aliphatic rings. The molecule has 19 heavy (non-hydrogen) atoms. The highest BCUT2D eigenvalue weighted by Crippen LogP contribution is 2.29. The number of piperidine rings is 1. The number of likely N-dealkylation sites (N-methyl/N-ethyl adjacent to an activating group) is 1. The highest BCUT2D eigenvalue weighted by Gasteiger charge is 2.27. The summed E-state index contributed by atoms with van der Waals surface area (Å²) < 4.78 is 0. The zero-order chi connectivity index (χ0) is 13.5. The Labute approximate surface area is 120 Å². The van der Waals surface area contributed by atoms with Crippen LogP contribution in [-0.2, 0) is 0 Å². The van der Waals surface area contributed by atoms with Crippen molar-refractivity contribution in [2.24, 2.45) is 11.8 Å². The first-order chi connectivity index (χ1) is 9.33. The van der Waals surface area contributed by atoms with Crippen LogP contribution < -0.4 is 5.32 Å². The fraction of sp³-hybridized carbons (Fsp3) is 1.00. The molecule has 0 aromatic carbocycles. The molecule has 0 spiro atoms. The van der Waals surface area contributed by atoms with Gasteiger partial charge in [0.2, 0.25) is 0 Å². The molecule has 1 atom stereocenters. The molecule has 2 rings (SSSR count). The summed E-state index contributed by atoms with van der Waals surface area (Å²) in [6, 6.07) is 0.759. The molecular weight excluding hydrogens is 232 g/mol. The van der Waals surface area contributed by atoms with Crippen molar-refractivity contribution in [3.05, 3.63) is 0 Å². The second kappa shape index (κ2) is 8.26. The Kier molecular flexibility index (Phi) is 6.66. The number of hydrogen-bond donors (Lipinski definition) is 1. The normalized spacial score (nSPS) is 24.9. The Morgan fingerprint density at radius 1 is 1.05 bits per heavy atom. The molecule has 1 N–H and O–H groups in total.